The topological polar surface area (TPSA) is 19.4 Å². The van der Waals surface area contributed by atoms with Crippen molar-refractivity contribution in [1.29, 1.82) is 0 Å². The summed E-state index contributed by atoms with van der Waals surface area (Å²) in [5.41, 5.74) is 0.966. The molecule has 1 aromatic rings. The molecular formula is C13H17Cl2N3. The molecule has 98 valence electrons. The SMILES string of the molecule is ClCc1cc(N2CCN(C3CC3)CC2)ncc1Cl. The second-order valence-electron chi connectivity index (χ2n) is 5.02. The van der Waals surface area contributed by atoms with Crippen molar-refractivity contribution in [2.75, 3.05) is 31.1 Å². The maximum absolute atomic E-state index is 6.03. The van der Waals surface area contributed by atoms with Crippen molar-refractivity contribution in [3.8, 4) is 0 Å². The van der Waals surface area contributed by atoms with E-state index in [0.717, 1.165) is 43.6 Å². The fourth-order valence-electron chi connectivity index (χ4n) is 2.50. The van der Waals surface area contributed by atoms with Gasteiger partial charge in [0.15, 0.2) is 0 Å². The average Bonchev–Trinajstić information content (AvgIpc) is 3.24. The van der Waals surface area contributed by atoms with Crippen LogP contribution in [0.2, 0.25) is 5.02 Å². The maximum atomic E-state index is 6.03. The van der Waals surface area contributed by atoms with Crippen LogP contribution in [-0.2, 0) is 5.88 Å². The third kappa shape index (κ3) is 2.58. The smallest absolute Gasteiger partial charge is 0.128 e. The van der Waals surface area contributed by atoms with Crippen LogP contribution in [0.4, 0.5) is 5.82 Å². The Kier molecular flexibility index (Phi) is 3.64. The van der Waals surface area contributed by atoms with E-state index in [1.54, 1.807) is 6.20 Å². The summed E-state index contributed by atoms with van der Waals surface area (Å²) in [6, 6.07) is 2.88. The summed E-state index contributed by atoms with van der Waals surface area (Å²) in [6.45, 7) is 4.38. The first-order valence-corrected chi connectivity index (χ1v) is 7.38. The Morgan fingerprint density at radius 1 is 1.22 bits per heavy atom. The van der Waals surface area contributed by atoms with Gasteiger partial charge >= 0.3 is 0 Å². The Morgan fingerprint density at radius 3 is 2.56 bits per heavy atom. The molecule has 18 heavy (non-hydrogen) atoms. The van der Waals surface area contributed by atoms with E-state index < -0.39 is 0 Å². The number of anilines is 1. The fraction of sp³-hybridized carbons (Fsp3) is 0.615. The van der Waals surface area contributed by atoms with Gasteiger partial charge in [-0.25, -0.2) is 4.98 Å². The first-order valence-electron chi connectivity index (χ1n) is 6.47. The Labute approximate surface area is 118 Å². The molecule has 3 nitrogen and oxygen atoms in total. The van der Waals surface area contributed by atoms with Gasteiger partial charge in [0.1, 0.15) is 5.82 Å². The van der Waals surface area contributed by atoms with Gasteiger partial charge < -0.3 is 4.90 Å². The zero-order chi connectivity index (χ0) is 12.5. The number of piperazine rings is 1. The van der Waals surface area contributed by atoms with Crippen LogP contribution in [0.3, 0.4) is 0 Å². The van der Waals surface area contributed by atoms with Gasteiger partial charge in [-0.15, -0.1) is 11.6 Å². The summed E-state index contributed by atoms with van der Waals surface area (Å²) >= 11 is 11.9. The van der Waals surface area contributed by atoms with Crippen LogP contribution in [0.15, 0.2) is 12.3 Å². The second-order valence-corrected chi connectivity index (χ2v) is 5.70. The molecular weight excluding hydrogens is 269 g/mol. The summed E-state index contributed by atoms with van der Waals surface area (Å²) < 4.78 is 0. The van der Waals surface area contributed by atoms with E-state index in [1.807, 2.05) is 6.07 Å². The molecule has 2 fully saturated rings. The molecule has 0 amide bonds. The molecule has 0 spiro atoms. The maximum Gasteiger partial charge on any atom is 0.128 e. The quantitative estimate of drug-likeness (QED) is 0.796. The largest absolute Gasteiger partial charge is 0.354 e. The number of nitrogens with zero attached hydrogens (tertiary/aromatic N) is 3. The van der Waals surface area contributed by atoms with Crippen molar-refractivity contribution in [1.82, 2.24) is 9.88 Å². The van der Waals surface area contributed by atoms with Gasteiger partial charge in [-0.3, -0.25) is 4.90 Å². The number of halogens is 2. The Balaban J connectivity index is 1.67. The van der Waals surface area contributed by atoms with E-state index in [2.05, 4.69) is 14.8 Å². The Hall–Kier alpha value is -0.510. The fourth-order valence-corrected chi connectivity index (χ4v) is 2.96. The summed E-state index contributed by atoms with van der Waals surface area (Å²) in [4.78, 5) is 9.33. The van der Waals surface area contributed by atoms with E-state index in [4.69, 9.17) is 23.2 Å². The third-order valence-electron chi connectivity index (χ3n) is 3.77. The number of hydrogen-bond donors (Lipinski definition) is 0. The zero-order valence-electron chi connectivity index (χ0n) is 10.3. The highest BCUT2D eigenvalue weighted by molar-refractivity contribution is 6.32. The van der Waals surface area contributed by atoms with Crippen LogP contribution in [0.5, 0.6) is 0 Å². The summed E-state index contributed by atoms with van der Waals surface area (Å²) in [5, 5.41) is 0.658. The van der Waals surface area contributed by atoms with E-state index >= 15 is 0 Å². The number of alkyl halides is 1. The van der Waals surface area contributed by atoms with Gasteiger partial charge in [0.05, 0.1) is 5.02 Å². The van der Waals surface area contributed by atoms with Crippen LogP contribution in [0, 0.1) is 0 Å². The number of hydrogen-bond acceptors (Lipinski definition) is 3. The van der Waals surface area contributed by atoms with Gasteiger partial charge in [-0.1, -0.05) is 11.6 Å². The average molecular weight is 286 g/mol. The minimum absolute atomic E-state index is 0.441. The molecule has 0 bridgehead atoms. The highest BCUT2D eigenvalue weighted by Gasteiger charge is 2.31. The molecule has 1 saturated heterocycles. The third-order valence-corrected chi connectivity index (χ3v) is 4.39. The first kappa shape index (κ1) is 12.5. The molecule has 0 atom stereocenters. The van der Waals surface area contributed by atoms with Crippen molar-refractivity contribution in [2.24, 2.45) is 0 Å². The lowest BCUT2D eigenvalue weighted by atomic mass is 10.2. The van der Waals surface area contributed by atoms with E-state index in [1.165, 1.54) is 12.8 Å². The van der Waals surface area contributed by atoms with Crippen molar-refractivity contribution in [3.63, 3.8) is 0 Å². The van der Waals surface area contributed by atoms with Gasteiger partial charge in [0.25, 0.3) is 0 Å². The monoisotopic (exact) mass is 285 g/mol. The predicted molar refractivity (Wildman–Crippen MR) is 75.6 cm³/mol. The van der Waals surface area contributed by atoms with Gasteiger partial charge in [0, 0.05) is 44.3 Å². The van der Waals surface area contributed by atoms with Gasteiger partial charge in [-0.2, -0.15) is 0 Å². The molecule has 0 radical (unpaired) electrons. The highest BCUT2D eigenvalue weighted by Crippen LogP contribution is 2.29. The number of pyridine rings is 1. The summed E-state index contributed by atoms with van der Waals surface area (Å²) in [7, 11) is 0. The molecule has 5 heteroatoms. The molecule has 0 unspecified atom stereocenters. The van der Waals surface area contributed by atoms with E-state index in [9.17, 15) is 0 Å². The van der Waals surface area contributed by atoms with Gasteiger partial charge in [-0.05, 0) is 24.5 Å². The minimum Gasteiger partial charge on any atom is -0.354 e. The zero-order valence-corrected chi connectivity index (χ0v) is 11.8. The van der Waals surface area contributed by atoms with E-state index in [-0.39, 0.29) is 0 Å². The van der Waals surface area contributed by atoms with Crippen molar-refractivity contribution < 1.29 is 0 Å². The molecule has 0 aromatic carbocycles. The number of rotatable bonds is 3. The second kappa shape index (κ2) is 5.24. The standard InChI is InChI=1S/C13H17Cl2N3/c14-8-10-7-13(16-9-12(10)15)18-5-3-17(4-6-18)11-1-2-11/h7,9,11H,1-6,8H2. The van der Waals surface area contributed by atoms with Crippen LogP contribution in [0.25, 0.3) is 0 Å². The lowest BCUT2D eigenvalue weighted by Crippen LogP contribution is -2.47. The van der Waals surface area contributed by atoms with E-state index in [0.29, 0.717) is 10.9 Å². The van der Waals surface area contributed by atoms with Crippen molar-refractivity contribution in [3.05, 3.63) is 22.8 Å². The Morgan fingerprint density at radius 2 is 1.94 bits per heavy atom. The molecule has 1 aromatic heterocycles. The highest BCUT2D eigenvalue weighted by atomic mass is 35.5. The molecule has 2 aliphatic rings. The van der Waals surface area contributed by atoms with Crippen LogP contribution in [0.1, 0.15) is 18.4 Å². The van der Waals surface area contributed by atoms with Crippen LogP contribution >= 0.6 is 23.2 Å². The summed E-state index contributed by atoms with van der Waals surface area (Å²) in [6.07, 6.45) is 4.48. The molecule has 1 saturated carbocycles. The normalized spacial score (nSPS) is 21.3. The summed E-state index contributed by atoms with van der Waals surface area (Å²) in [5.74, 6) is 1.45. The van der Waals surface area contributed by atoms with Crippen molar-refractivity contribution >= 4 is 29.0 Å². The Bertz CT molecular complexity index is 426. The molecule has 0 N–H and O–H groups in total. The molecule has 1 aliphatic carbocycles. The minimum atomic E-state index is 0.441. The van der Waals surface area contributed by atoms with Crippen LogP contribution in [-0.4, -0.2) is 42.1 Å². The van der Waals surface area contributed by atoms with Crippen molar-refractivity contribution in [2.45, 2.75) is 24.8 Å². The molecule has 3 rings (SSSR count). The molecule has 1 aliphatic heterocycles. The van der Waals surface area contributed by atoms with Gasteiger partial charge in [0.2, 0.25) is 0 Å². The van der Waals surface area contributed by atoms with Crippen LogP contribution < -0.4 is 4.90 Å². The lowest BCUT2D eigenvalue weighted by Gasteiger charge is -2.35. The number of aromatic nitrogens is 1. The first-order chi connectivity index (χ1) is 8.78. The predicted octanol–water partition coefficient (Wildman–Crippen LogP) is 2.76. The lowest BCUT2D eigenvalue weighted by molar-refractivity contribution is 0.247. The molecule has 2 heterocycles.